The van der Waals surface area contributed by atoms with E-state index in [0.29, 0.717) is 25.2 Å². The number of carbonyl (C=O) groups excluding carboxylic acids is 2. The predicted octanol–water partition coefficient (Wildman–Crippen LogP) is 4.13. The molecule has 0 saturated carbocycles. The van der Waals surface area contributed by atoms with E-state index >= 15 is 0 Å². The molecule has 5 heteroatoms. The largest absolute Gasteiger partial charge is 0.331 e. The van der Waals surface area contributed by atoms with Crippen LogP contribution in [-0.4, -0.2) is 29.9 Å². The number of nitrogens with zero attached hydrogens (tertiary/aromatic N) is 2. The van der Waals surface area contributed by atoms with Gasteiger partial charge in [-0.3, -0.25) is 4.79 Å². The fraction of sp³-hybridized carbons (Fsp3) is 0.200. The van der Waals surface area contributed by atoms with Crippen molar-refractivity contribution in [3.8, 4) is 11.1 Å². The molecule has 0 aliphatic carbocycles. The van der Waals surface area contributed by atoms with Gasteiger partial charge in [0.1, 0.15) is 6.54 Å². The van der Waals surface area contributed by atoms with Crippen LogP contribution in [0.25, 0.3) is 11.1 Å². The van der Waals surface area contributed by atoms with Crippen molar-refractivity contribution in [3.63, 3.8) is 0 Å². The smallest absolute Gasteiger partial charge is 0.326 e. The standard InChI is InChI=1S/C25H25N3O2/c1-18-2-8-21(9-3-18)22-10-12-23(13-11-22)28-24(29)17-27(25(28)30)15-14-19-4-6-20(16-26)7-5-19/h2-13H,14-17,26H2,1H3. The molecule has 3 aromatic rings. The predicted molar refractivity (Wildman–Crippen MR) is 119 cm³/mol. The molecule has 0 unspecified atom stereocenters. The van der Waals surface area contributed by atoms with Crippen molar-refractivity contribution in [2.45, 2.75) is 19.9 Å². The number of hydrogen-bond acceptors (Lipinski definition) is 3. The number of nitrogens with two attached hydrogens (primary N) is 1. The molecule has 0 atom stereocenters. The number of amides is 3. The Labute approximate surface area is 176 Å². The van der Waals surface area contributed by atoms with E-state index in [-0.39, 0.29) is 18.5 Å². The van der Waals surface area contributed by atoms with E-state index < -0.39 is 0 Å². The summed E-state index contributed by atoms with van der Waals surface area (Å²) in [6, 6.07) is 23.6. The van der Waals surface area contributed by atoms with E-state index in [9.17, 15) is 9.59 Å². The van der Waals surface area contributed by atoms with Crippen molar-refractivity contribution in [2.24, 2.45) is 5.73 Å². The quantitative estimate of drug-likeness (QED) is 0.634. The van der Waals surface area contributed by atoms with E-state index in [2.05, 4.69) is 31.2 Å². The fourth-order valence-electron chi connectivity index (χ4n) is 3.63. The highest BCUT2D eigenvalue weighted by Crippen LogP contribution is 2.26. The lowest BCUT2D eigenvalue weighted by Crippen LogP contribution is -2.34. The van der Waals surface area contributed by atoms with Gasteiger partial charge >= 0.3 is 6.03 Å². The molecular formula is C25H25N3O2. The molecule has 4 rings (SSSR count). The lowest BCUT2D eigenvalue weighted by Gasteiger charge is -2.17. The maximum Gasteiger partial charge on any atom is 0.331 e. The Bertz CT molecular complexity index is 1040. The first-order chi connectivity index (χ1) is 14.5. The normalized spacial score (nSPS) is 13.9. The Kier molecular flexibility index (Phi) is 5.63. The molecule has 1 saturated heterocycles. The third kappa shape index (κ3) is 4.11. The molecule has 1 fully saturated rings. The lowest BCUT2D eigenvalue weighted by atomic mass is 10.0. The van der Waals surface area contributed by atoms with Crippen LogP contribution in [0, 0.1) is 6.92 Å². The highest BCUT2D eigenvalue weighted by molar-refractivity contribution is 6.19. The van der Waals surface area contributed by atoms with Crippen molar-refractivity contribution >= 4 is 17.6 Å². The Hall–Kier alpha value is -3.44. The Morgan fingerprint density at radius 3 is 1.97 bits per heavy atom. The van der Waals surface area contributed by atoms with Gasteiger partial charge in [0.2, 0.25) is 0 Å². The van der Waals surface area contributed by atoms with Gasteiger partial charge in [-0.15, -0.1) is 0 Å². The van der Waals surface area contributed by atoms with Crippen LogP contribution >= 0.6 is 0 Å². The van der Waals surface area contributed by atoms with Crippen LogP contribution in [0.5, 0.6) is 0 Å². The highest BCUT2D eigenvalue weighted by Gasteiger charge is 2.36. The van der Waals surface area contributed by atoms with Crippen molar-refractivity contribution in [3.05, 3.63) is 89.5 Å². The van der Waals surface area contributed by atoms with E-state index in [0.717, 1.165) is 22.3 Å². The van der Waals surface area contributed by atoms with Crippen LogP contribution in [0.15, 0.2) is 72.8 Å². The lowest BCUT2D eigenvalue weighted by molar-refractivity contribution is -0.116. The molecule has 152 valence electrons. The molecule has 5 nitrogen and oxygen atoms in total. The summed E-state index contributed by atoms with van der Waals surface area (Å²) in [5.41, 5.74) is 11.8. The van der Waals surface area contributed by atoms with Crippen LogP contribution in [0.1, 0.15) is 16.7 Å². The number of rotatable bonds is 6. The highest BCUT2D eigenvalue weighted by atomic mass is 16.2. The number of carbonyl (C=O) groups is 2. The van der Waals surface area contributed by atoms with Crippen LogP contribution < -0.4 is 10.6 Å². The van der Waals surface area contributed by atoms with E-state index in [1.165, 1.54) is 10.5 Å². The van der Waals surface area contributed by atoms with Gasteiger partial charge in [-0.25, -0.2) is 9.69 Å². The van der Waals surface area contributed by atoms with Gasteiger partial charge in [-0.2, -0.15) is 0 Å². The van der Waals surface area contributed by atoms with Gasteiger partial charge in [0, 0.05) is 13.1 Å². The Morgan fingerprint density at radius 1 is 0.800 bits per heavy atom. The van der Waals surface area contributed by atoms with Gasteiger partial charge in [0.05, 0.1) is 5.69 Å². The van der Waals surface area contributed by atoms with Crippen LogP contribution in [0.4, 0.5) is 10.5 Å². The summed E-state index contributed by atoms with van der Waals surface area (Å²) >= 11 is 0. The van der Waals surface area contributed by atoms with E-state index in [4.69, 9.17) is 5.73 Å². The van der Waals surface area contributed by atoms with E-state index in [1.54, 1.807) is 4.90 Å². The summed E-state index contributed by atoms with van der Waals surface area (Å²) in [5, 5.41) is 0. The maximum absolute atomic E-state index is 12.8. The topological polar surface area (TPSA) is 66.6 Å². The van der Waals surface area contributed by atoms with Crippen LogP contribution in [-0.2, 0) is 17.8 Å². The summed E-state index contributed by atoms with van der Waals surface area (Å²) in [4.78, 5) is 28.3. The summed E-state index contributed by atoms with van der Waals surface area (Å²) < 4.78 is 0. The first kappa shape index (κ1) is 19.9. The molecule has 0 bridgehead atoms. The molecule has 1 aliphatic heterocycles. The Morgan fingerprint density at radius 2 is 1.37 bits per heavy atom. The molecule has 2 N–H and O–H groups in total. The third-order valence-corrected chi connectivity index (χ3v) is 5.48. The second-order valence-corrected chi connectivity index (χ2v) is 7.62. The minimum absolute atomic E-state index is 0.111. The third-order valence-electron chi connectivity index (χ3n) is 5.48. The first-order valence-electron chi connectivity index (χ1n) is 10.1. The second kappa shape index (κ2) is 8.51. The van der Waals surface area contributed by atoms with Crippen LogP contribution in [0.2, 0.25) is 0 Å². The fourth-order valence-corrected chi connectivity index (χ4v) is 3.63. The van der Waals surface area contributed by atoms with E-state index in [1.807, 2.05) is 48.5 Å². The van der Waals surface area contributed by atoms with Gasteiger partial charge in [-0.05, 0) is 47.7 Å². The zero-order valence-electron chi connectivity index (χ0n) is 17.0. The van der Waals surface area contributed by atoms with Crippen molar-refractivity contribution in [2.75, 3.05) is 18.0 Å². The molecule has 1 aliphatic rings. The number of anilines is 1. The summed E-state index contributed by atoms with van der Waals surface area (Å²) in [6.07, 6.45) is 0.698. The van der Waals surface area contributed by atoms with Crippen molar-refractivity contribution < 1.29 is 9.59 Å². The number of benzene rings is 3. The van der Waals surface area contributed by atoms with Gasteiger partial charge in [0.15, 0.2) is 0 Å². The summed E-state index contributed by atoms with van der Waals surface area (Å²) in [7, 11) is 0. The zero-order valence-corrected chi connectivity index (χ0v) is 17.0. The number of hydrogen-bond donors (Lipinski definition) is 1. The SMILES string of the molecule is Cc1ccc(-c2ccc(N3C(=O)CN(CCc4ccc(CN)cc4)C3=O)cc2)cc1. The average Bonchev–Trinajstić information content (AvgIpc) is 3.06. The van der Waals surface area contributed by atoms with Gasteiger partial charge in [0.25, 0.3) is 5.91 Å². The minimum atomic E-state index is -0.262. The number of imide groups is 1. The van der Waals surface area contributed by atoms with Crippen molar-refractivity contribution in [1.82, 2.24) is 4.90 Å². The molecule has 0 radical (unpaired) electrons. The molecule has 3 amide bonds. The molecule has 3 aromatic carbocycles. The molecule has 0 spiro atoms. The monoisotopic (exact) mass is 399 g/mol. The minimum Gasteiger partial charge on any atom is -0.326 e. The molecule has 0 aromatic heterocycles. The maximum atomic E-state index is 12.8. The van der Waals surface area contributed by atoms with Gasteiger partial charge < -0.3 is 10.6 Å². The Balaban J connectivity index is 1.43. The summed E-state index contributed by atoms with van der Waals surface area (Å²) in [6.45, 7) is 3.18. The number of aryl methyl sites for hydroxylation is 1. The van der Waals surface area contributed by atoms with Crippen molar-refractivity contribution in [1.29, 1.82) is 0 Å². The zero-order chi connectivity index (χ0) is 21.1. The number of urea groups is 1. The second-order valence-electron chi connectivity index (χ2n) is 7.62. The summed E-state index contributed by atoms with van der Waals surface area (Å²) in [5.74, 6) is -0.193. The molecular weight excluding hydrogens is 374 g/mol. The average molecular weight is 399 g/mol. The first-order valence-corrected chi connectivity index (χ1v) is 10.1. The molecule has 1 heterocycles. The van der Waals surface area contributed by atoms with Crippen LogP contribution in [0.3, 0.4) is 0 Å². The van der Waals surface area contributed by atoms with Gasteiger partial charge in [-0.1, -0.05) is 66.2 Å². The molecule has 30 heavy (non-hydrogen) atoms.